The maximum atomic E-state index is 14.0. The van der Waals surface area contributed by atoms with E-state index in [1.165, 1.54) is 45.4 Å². The molecule has 0 radical (unpaired) electrons. The van der Waals surface area contributed by atoms with E-state index in [9.17, 15) is 29.3 Å². The minimum absolute atomic E-state index is 0.0763. The first-order valence-electron chi connectivity index (χ1n) is 13.8. The molecule has 2 atom stereocenters. The Balaban J connectivity index is 1.61. The maximum absolute atomic E-state index is 14.0. The highest BCUT2D eigenvalue weighted by atomic mass is 35.5. The van der Waals surface area contributed by atoms with Crippen molar-refractivity contribution in [2.75, 3.05) is 31.1 Å². The first kappa shape index (κ1) is 32.9. The van der Waals surface area contributed by atoms with Gasteiger partial charge in [0, 0.05) is 40.7 Å². The second-order valence-corrected chi connectivity index (χ2v) is 11.9. The number of anilines is 1. The number of rotatable bonds is 13. The molecule has 3 aromatic rings. The fourth-order valence-electron chi connectivity index (χ4n) is 4.83. The third kappa shape index (κ3) is 8.34. The van der Waals surface area contributed by atoms with E-state index in [0.29, 0.717) is 11.4 Å². The fraction of sp³-hybridized carbons (Fsp3) is 0.333. The van der Waals surface area contributed by atoms with Gasteiger partial charge in [0.05, 0.1) is 18.0 Å². The summed E-state index contributed by atoms with van der Waals surface area (Å²) < 4.78 is 5.04. The number of hydrogen-bond acceptors (Lipinski definition) is 8. The van der Waals surface area contributed by atoms with Gasteiger partial charge in [-0.05, 0) is 54.6 Å². The molecule has 0 N–H and O–H groups in total. The number of thiophene rings is 1. The average Bonchev–Trinajstić information content (AvgIpc) is 3.52. The number of piperazine rings is 1. The lowest BCUT2D eigenvalue weighted by atomic mass is 10.0. The Hall–Kier alpha value is -4.00. The first-order valence-corrected chi connectivity index (χ1v) is 15.5. The summed E-state index contributed by atoms with van der Waals surface area (Å²) >= 11 is 14.2. The lowest BCUT2D eigenvalue weighted by molar-refractivity contribution is -0.384. The number of non-ortho nitro benzene ring substituents is 1. The SMILES string of the molecule is CCOC(=O)CN(C(=O)CC1C(=O)N(C(Cl)Cc2ccc(Cl)cc2)CC(=O)N1CCc1cccs1)c1ccc([N+](=O)[O-])cc1. The Morgan fingerprint density at radius 3 is 2.45 bits per heavy atom. The Morgan fingerprint density at radius 1 is 1.14 bits per heavy atom. The topological polar surface area (TPSA) is 130 Å². The predicted octanol–water partition coefficient (Wildman–Crippen LogP) is 4.69. The zero-order valence-electron chi connectivity index (χ0n) is 23.8. The van der Waals surface area contributed by atoms with Crippen molar-refractivity contribution < 1.29 is 28.8 Å². The van der Waals surface area contributed by atoms with E-state index in [-0.39, 0.29) is 43.4 Å². The van der Waals surface area contributed by atoms with Crippen molar-refractivity contribution in [2.45, 2.75) is 37.7 Å². The number of hydrogen-bond donors (Lipinski definition) is 0. The molecule has 232 valence electrons. The van der Waals surface area contributed by atoms with Gasteiger partial charge >= 0.3 is 5.97 Å². The molecule has 1 saturated heterocycles. The van der Waals surface area contributed by atoms with Crippen LogP contribution in [-0.2, 0) is 36.8 Å². The molecule has 2 aromatic carbocycles. The van der Waals surface area contributed by atoms with Gasteiger partial charge in [-0.1, -0.05) is 41.4 Å². The van der Waals surface area contributed by atoms with Gasteiger partial charge in [0.25, 0.3) is 5.69 Å². The quantitative estimate of drug-likeness (QED) is 0.0855. The lowest BCUT2D eigenvalue weighted by Crippen LogP contribution is -2.63. The Morgan fingerprint density at radius 2 is 1.84 bits per heavy atom. The van der Waals surface area contributed by atoms with Crippen LogP contribution >= 0.6 is 34.5 Å². The minimum atomic E-state index is -1.20. The Kier molecular flexibility index (Phi) is 11.3. The summed E-state index contributed by atoms with van der Waals surface area (Å²) in [5, 5.41) is 13.6. The van der Waals surface area contributed by atoms with Crippen molar-refractivity contribution in [3.05, 3.63) is 91.6 Å². The predicted molar refractivity (Wildman–Crippen MR) is 167 cm³/mol. The number of halogens is 2. The van der Waals surface area contributed by atoms with Crippen LogP contribution in [-0.4, -0.2) is 76.2 Å². The number of carbonyl (C=O) groups excluding carboxylic acids is 4. The van der Waals surface area contributed by atoms with E-state index in [0.717, 1.165) is 15.3 Å². The summed E-state index contributed by atoms with van der Waals surface area (Å²) in [5.41, 5.74) is -0.0751. The van der Waals surface area contributed by atoms with Gasteiger partial charge in [-0.15, -0.1) is 11.3 Å². The first-order chi connectivity index (χ1) is 21.1. The van der Waals surface area contributed by atoms with Gasteiger partial charge in [-0.25, -0.2) is 0 Å². The molecule has 14 heteroatoms. The highest BCUT2D eigenvalue weighted by Crippen LogP contribution is 2.26. The molecule has 3 amide bonds. The monoisotopic (exact) mass is 660 g/mol. The molecular weight excluding hydrogens is 631 g/mol. The van der Waals surface area contributed by atoms with E-state index in [1.807, 2.05) is 17.5 Å². The maximum Gasteiger partial charge on any atom is 0.326 e. The largest absolute Gasteiger partial charge is 0.465 e. The van der Waals surface area contributed by atoms with Crippen LogP contribution in [0.15, 0.2) is 66.0 Å². The number of nitro groups is 1. The van der Waals surface area contributed by atoms with Crippen molar-refractivity contribution in [3.8, 4) is 0 Å². The van der Waals surface area contributed by atoms with E-state index >= 15 is 0 Å². The second kappa shape index (κ2) is 15.1. The smallest absolute Gasteiger partial charge is 0.326 e. The molecule has 44 heavy (non-hydrogen) atoms. The average molecular weight is 662 g/mol. The standard InChI is InChI=1S/C30H30Cl2N4O7S/c1-2-43-29(39)19-34(22-9-11-23(12-10-22)36(41)42)27(37)17-25-30(40)35(26(32)16-20-5-7-21(31)8-6-20)18-28(38)33(25)14-13-24-4-3-15-44-24/h3-12,15,25-26H,2,13-14,16-19H2,1H3. The van der Waals surface area contributed by atoms with Crippen LogP contribution in [0.4, 0.5) is 11.4 Å². The zero-order chi connectivity index (χ0) is 31.8. The Labute approximate surface area is 268 Å². The third-order valence-corrected chi connectivity index (χ3v) is 8.62. The number of amides is 3. The number of nitrogens with zero attached hydrogens (tertiary/aromatic N) is 4. The number of benzene rings is 2. The number of esters is 1. The summed E-state index contributed by atoms with van der Waals surface area (Å²) in [6.07, 6.45) is 0.267. The Bertz CT molecular complexity index is 1490. The van der Waals surface area contributed by atoms with Gasteiger partial charge in [0.1, 0.15) is 24.6 Å². The zero-order valence-corrected chi connectivity index (χ0v) is 26.1. The summed E-state index contributed by atoms with van der Waals surface area (Å²) in [6.45, 7) is 1.13. The second-order valence-electron chi connectivity index (χ2n) is 9.93. The van der Waals surface area contributed by atoms with Gasteiger partial charge in [-0.2, -0.15) is 0 Å². The summed E-state index contributed by atoms with van der Waals surface area (Å²) in [4.78, 5) is 69.1. The number of alkyl halides is 1. The van der Waals surface area contributed by atoms with Crippen LogP contribution in [0, 0.1) is 10.1 Å². The molecule has 1 aliphatic heterocycles. The molecule has 0 saturated carbocycles. The van der Waals surface area contributed by atoms with E-state index in [2.05, 4.69) is 0 Å². The van der Waals surface area contributed by atoms with Crippen molar-refractivity contribution in [2.24, 2.45) is 0 Å². The van der Waals surface area contributed by atoms with Crippen molar-refractivity contribution >= 4 is 69.6 Å². The van der Waals surface area contributed by atoms with Gasteiger partial charge in [0.2, 0.25) is 17.7 Å². The molecule has 4 rings (SSSR count). The minimum Gasteiger partial charge on any atom is -0.465 e. The molecule has 1 fully saturated rings. The van der Waals surface area contributed by atoms with E-state index in [4.69, 9.17) is 27.9 Å². The highest BCUT2D eigenvalue weighted by molar-refractivity contribution is 7.09. The van der Waals surface area contributed by atoms with Crippen molar-refractivity contribution in [1.82, 2.24) is 9.80 Å². The van der Waals surface area contributed by atoms with Crippen molar-refractivity contribution in [3.63, 3.8) is 0 Å². The molecular formula is C30H30Cl2N4O7S. The summed E-state index contributed by atoms with van der Waals surface area (Å²) in [7, 11) is 0. The van der Waals surface area contributed by atoms with Crippen LogP contribution in [0.1, 0.15) is 23.8 Å². The van der Waals surface area contributed by atoms with Crippen LogP contribution in [0.5, 0.6) is 0 Å². The summed E-state index contributed by atoms with van der Waals surface area (Å²) in [5.74, 6) is -2.22. The van der Waals surface area contributed by atoms with Crippen LogP contribution in [0.3, 0.4) is 0 Å². The fourth-order valence-corrected chi connectivity index (χ4v) is 6.00. The van der Waals surface area contributed by atoms with Crippen LogP contribution in [0.2, 0.25) is 5.02 Å². The molecule has 0 aliphatic carbocycles. The molecule has 2 unspecified atom stereocenters. The summed E-state index contributed by atoms with van der Waals surface area (Å²) in [6, 6.07) is 14.7. The third-order valence-electron chi connectivity index (χ3n) is 7.04. The van der Waals surface area contributed by atoms with E-state index in [1.54, 1.807) is 31.2 Å². The molecule has 0 bridgehead atoms. The lowest BCUT2D eigenvalue weighted by Gasteiger charge is -2.42. The molecule has 0 spiro atoms. The molecule has 11 nitrogen and oxygen atoms in total. The van der Waals surface area contributed by atoms with E-state index < -0.39 is 47.2 Å². The number of ether oxygens (including phenoxy) is 1. The molecule has 1 aromatic heterocycles. The molecule has 1 aliphatic rings. The van der Waals surface area contributed by atoms with Crippen LogP contribution in [0.25, 0.3) is 0 Å². The number of carbonyl (C=O) groups is 4. The number of nitro benzene ring substituents is 1. The van der Waals surface area contributed by atoms with Gasteiger partial charge in [-0.3, -0.25) is 29.3 Å². The van der Waals surface area contributed by atoms with Crippen molar-refractivity contribution in [1.29, 1.82) is 0 Å². The van der Waals surface area contributed by atoms with Crippen LogP contribution < -0.4 is 4.90 Å². The normalized spacial score (nSPS) is 15.7. The van der Waals surface area contributed by atoms with Gasteiger partial charge < -0.3 is 19.4 Å². The highest BCUT2D eigenvalue weighted by Gasteiger charge is 2.43. The molecule has 2 heterocycles. The van der Waals surface area contributed by atoms with Gasteiger partial charge in [0.15, 0.2) is 0 Å².